The van der Waals surface area contributed by atoms with Crippen molar-refractivity contribution < 1.29 is 4.79 Å². The molecule has 0 saturated carbocycles. The van der Waals surface area contributed by atoms with E-state index in [1.165, 1.54) is 0 Å². The third kappa shape index (κ3) is 3.09. The molecule has 1 amide bonds. The van der Waals surface area contributed by atoms with Gasteiger partial charge in [-0.15, -0.1) is 0 Å². The maximum absolute atomic E-state index is 12.5. The van der Waals surface area contributed by atoms with Gasteiger partial charge in [-0.2, -0.15) is 0 Å². The Bertz CT molecular complexity index is 731. The molecule has 0 unspecified atom stereocenters. The van der Waals surface area contributed by atoms with Crippen molar-refractivity contribution in [2.24, 2.45) is 0 Å². The fourth-order valence-corrected chi connectivity index (χ4v) is 2.43. The Kier molecular flexibility index (Phi) is 4.05. The molecular weight excluding hydrogens is 272 g/mol. The summed E-state index contributed by atoms with van der Waals surface area (Å²) in [5, 5.41) is 0. The van der Waals surface area contributed by atoms with Gasteiger partial charge in [0.05, 0.1) is 0 Å². The molecule has 0 atom stereocenters. The van der Waals surface area contributed by atoms with Gasteiger partial charge >= 0.3 is 0 Å². The largest absolute Gasteiger partial charge is 0.337 e. The van der Waals surface area contributed by atoms with Gasteiger partial charge in [0.15, 0.2) is 0 Å². The van der Waals surface area contributed by atoms with Crippen LogP contribution in [0.3, 0.4) is 0 Å². The molecule has 3 heteroatoms. The number of nitrogens with zero attached hydrogens (tertiary/aromatic N) is 2. The SMILES string of the molecule is CN(Cc1ccccc1)C(=O)c1ccc(-n2cccc2)cc1. The first kappa shape index (κ1) is 14.1. The third-order valence-electron chi connectivity index (χ3n) is 3.63. The Morgan fingerprint density at radius 2 is 1.55 bits per heavy atom. The Balaban J connectivity index is 1.72. The molecule has 0 aliphatic rings. The molecular formula is C19H18N2O. The first-order valence-corrected chi connectivity index (χ1v) is 7.27. The van der Waals surface area contributed by atoms with E-state index >= 15 is 0 Å². The second-order valence-corrected chi connectivity index (χ2v) is 5.28. The quantitative estimate of drug-likeness (QED) is 0.718. The van der Waals surface area contributed by atoms with E-state index in [2.05, 4.69) is 0 Å². The molecule has 0 radical (unpaired) electrons. The smallest absolute Gasteiger partial charge is 0.253 e. The summed E-state index contributed by atoms with van der Waals surface area (Å²) in [6, 6.07) is 21.6. The highest BCUT2D eigenvalue weighted by atomic mass is 16.2. The van der Waals surface area contributed by atoms with E-state index in [0.29, 0.717) is 12.1 Å². The van der Waals surface area contributed by atoms with Crippen molar-refractivity contribution in [3.63, 3.8) is 0 Å². The van der Waals surface area contributed by atoms with Crippen LogP contribution in [0.1, 0.15) is 15.9 Å². The number of hydrogen-bond acceptors (Lipinski definition) is 1. The fraction of sp³-hybridized carbons (Fsp3) is 0.105. The van der Waals surface area contributed by atoms with E-state index < -0.39 is 0 Å². The molecule has 0 aliphatic heterocycles. The fourth-order valence-electron chi connectivity index (χ4n) is 2.43. The topological polar surface area (TPSA) is 25.2 Å². The van der Waals surface area contributed by atoms with Crippen molar-refractivity contribution in [1.82, 2.24) is 9.47 Å². The van der Waals surface area contributed by atoms with Gasteiger partial charge < -0.3 is 9.47 Å². The van der Waals surface area contributed by atoms with Crippen LogP contribution in [0.2, 0.25) is 0 Å². The van der Waals surface area contributed by atoms with Crippen LogP contribution in [0.25, 0.3) is 5.69 Å². The second-order valence-electron chi connectivity index (χ2n) is 5.28. The summed E-state index contributed by atoms with van der Waals surface area (Å²) in [6.07, 6.45) is 3.97. The van der Waals surface area contributed by atoms with Gasteiger partial charge in [-0.3, -0.25) is 4.79 Å². The van der Waals surface area contributed by atoms with Crippen LogP contribution in [0.15, 0.2) is 79.1 Å². The molecule has 0 bridgehead atoms. The Morgan fingerprint density at radius 3 is 2.18 bits per heavy atom. The number of carbonyl (C=O) groups is 1. The lowest BCUT2D eigenvalue weighted by Gasteiger charge is -2.17. The van der Waals surface area contributed by atoms with E-state index in [-0.39, 0.29) is 5.91 Å². The summed E-state index contributed by atoms with van der Waals surface area (Å²) in [6.45, 7) is 0.610. The van der Waals surface area contributed by atoms with Crippen LogP contribution >= 0.6 is 0 Å². The lowest BCUT2D eigenvalue weighted by Crippen LogP contribution is -2.26. The molecule has 1 aromatic heterocycles. The van der Waals surface area contributed by atoms with E-state index in [1.807, 2.05) is 90.7 Å². The average molecular weight is 290 g/mol. The van der Waals surface area contributed by atoms with Crippen LogP contribution in [0, 0.1) is 0 Å². The van der Waals surface area contributed by atoms with Crippen molar-refractivity contribution in [2.45, 2.75) is 6.54 Å². The maximum atomic E-state index is 12.5. The van der Waals surface area contributed by atoms with Crippen LogP contribution in [-0.2, 0) is 6.54 Å². The van der Waals surface area contributed by atoms with Gasteiger partial charge in [0.2, 0.25) is 0 Å². The minimum atomic E-state index is 0.0305. The zero-order chi connectivity index (χ0) is 15.4. The predicted octanol–water partition coefficient (Wildman–Crippen LogP) is 3.75. The Morgan fingerprint density at radius 1 is 0.909 bits per heavy atom. The van der Waals surface area contributed by atoms with Gasteiger partial charge in [0.1, 0.15) is 0 Å². The molecule has 110 valence electrons. The summed E-state index contributed by atoms with van der Waals surface area (Å²) in [5.41, 5.74) is 2.88. The summed E-state index contributed by atoms with van der Waals surface area (Å²) < 4.78 is 2.02. The monoisotopic (exact) mass is 290 g/mol. The molecule has 0 N–H and O–H groups in total. The normalized spacial score (nSPS) is 10.4. The van der Waals surface area contributed by atoms with E-state index in [4.69, 9.17) is 0 Å². The number of aromatic nitrogens is 1. The van der Waals surface area contributed by atoms with Crippen LogP contribution in [0.4, 0.5) is 0 Å². The molecule has 0 aliphatic carbocycles. The van der Waals surface area contributed by atoms with Crippen molar-refractivity contribution in [1.29, 1.82) is 0 Å². The van der Waals surface area contributed by atoms with Crippen molar-refractivity contribution >= 4 is 5.91 Å². The lowest BCUT2D eigenvalue weighted by atomic mass is 10.1. The van der Waals surface area contributed by atoms with Crippen molar-refractivity contribution in [3.05, 3.63) is 90.3 Å². The van der Waals surface area contributed by atoms with Crippen LogP contribution in [0.5, 0.6) is 0 Å². The van der Waals surface area contributed by atoms with E-state index in [9.17, 15) is 4.79 Å². The Labute approximate surface area is 130 Å². The predicted molar refractivity (Wildman–Crippen MR) is 88.0 cm³/mol. The van der Waals surface area contributed by atoms with Gasteiger partial charge in [0.25, 0.3) is 5.91 Å². The van der Waals surface area contributed by atoms with Gasteiger partial charge in [-0.25, -0.2) is 0 Å². The lowest BCUT2D eigenvalue weighted by molar-refractivity contribution is 0.0785. The van der Waals surface area contributed by atoms with E-state index in [0.717, 1.165) is 11.3 Å². The molecule has 3 nitrogen and oxygen atoms in total. The molecule has 0 fully saturated rings. The Hall–Kier alpha value is -2.81. The number of amides is 1. The standard InChI is InChI=1S/C19H18N2O/c1-20(15-16-7-3-2-4-8-16)19(22)17-9-11-18(12-10-17)21-13-5-6-14-21/h2-14H,15H2,1H3. The van der Waals surface area contributed by atoms with E-state index in [1.54, 1.807) is 4.90 Å². The van der Waals surface area contributed by atoms with Crippen molar-refractivity contribution in [3.8, 4) is 5.69 Å². The first-order valence-electron chi connectivity index (χ1n) is 7.27. The molecule has 3 aromatic rings. The summed E-state index contributed by atoms with van der Waals surface area (Å²) >= 11 is 0. The molecule has 2 aromatic carbocycles. The first-order chi connectivity index (χ1) is 10.7. The molecule has 3 rings (SSSR count). The molecule has 22 heavy (non-hydrogen) atoms. The average Bonchev–Trinajstić information content (AvgIpc) is 3.10. The highest BCUT2D eigenvalue weighted by molar-refractivity contribution is 5.94. The number of benzene rings is 2. The maximum Gasteiger partial charge on any atom is 0.253 e. The molecule has 0 saturated heterocycles. The summed E-state index contributed by atoms with van der Waals surface area (Å²) in [7, 11) is 1.83. The number of rotatable bonds is 4. The summed E-state index contributed by atoms with van der Waals surface area (Å²) in [5.74, 6) is 0.0305. The molecule has 1 heterocycles. The summed E-state index contributed by atoms with van der Waals surface area (Å²) in [4.78, 5) is 14.2. The minimum Gasteiger partial charge on any atom is -0.337 e. The van der Waals surface area contributed by atoms with Crippen LogP contribution in [-0.4, -0.2) is 22.4 Å². The number of hydrogen-bond donors (Lipinski definition) is 0. The van der Waals surface area contributed by atoms with Gasteiger partial charge in [-0.05, 0) is 42.0 Å². The highest BCUT2D eigenvalue weighted by Gasteiger charge is 2.11. The van der Waals surface area contributed by atoms with Crippen molar-refractivity contribution in [2.75, 3.05) is 7.05 Å². The highest BCUT2D eigenvalue weighted by Crippen LogP contribution is 2.13. The van der Waals surface area contributed by atoms with Gasteiger partial charge in [0, 0.05) is 37.2 Å². The van der Waals surface area contributed by atoms with Crippen LogP contribution < -0.4 is 0 Å². The minimum absolute atomic E-state index is 0.0305. The van der Waals surface area contributed by atoms with Gasteiger partial charge in [-0.1, -0.05) is 30.3 Å². The zero-order valence-electron chi connectivity index (χ0n) is 12.5. The third-order valence-corrected chi connectivity index (χ3v) is 3.63. The molecule has 0 spiro atoms. The number of carbonyl (C=O) groups excluding carboxylic acids is 1. The zero-order valence-corrected chi connectivity index (χ0v) is 12.5. The second kappa shape index (κ2) is 6.31.